The van der Waals surface area contributed by atoms with E-state index < -0.39 is 12.1 Å². The first kappa shape index (κ1) is 16.7. The van der Waals surface area contributed by atoms with Crippen molar-refractivity contribution >= 4 is 17.5 Å². The average Bonchev–Trinajstić information content (AvgIpc) is 3.17. The second kappa shape index (κ2) is 6.38. The van der Waals surface area contributed by atoms with Gasteiger partial charge in [0.2, 0.25) is 5.91 Å². The lowest BCUT2D eigenvalue weighted by atomic mass is 9.84. The lowest BCUT2D eigenvalue weighted by Crippen LogP contribution is -2.41. The van der Waals surface area contributed by atoms with Crippen LogP contribution in [-0.4, -0.2) is 21.7 Å². The molecule has 2 fully saturated rings. The molecule has 0 aromatic carbocycles. The van der Waals surface area contributed by atoms with Crippen molar-refractivity contribution in [2.24, 2.45) is 17.8 Å². The first-order valence-corrected chi connectivity index (χ1v) is 8.55. The van der Waals surface area contributed by atoms with Crippen molar-refractivity contribution in [2.75, 3.05) is 0 Å². The second-order valence-electron chi connectivity index (χ2n) is 6.94. The summed E-state index contributed by atoms with van der Waals surface area (Å²) in [6, 6.07) is 0.110. The molecule has 0 radical (unpaired) electrons. The molecule has 1 heterocycles. The standard InChI is InChI=1S/C16H22ClF2N3O/c1-8(12-6-10-3-4-11(12)5-10)20-13(23)7-22-9(2)14(17)15(21-22)16(18)19/h8,10-12,16H,3-7H2,1-2H3,(H,20,23). The summed E-state index contributed by atoms with van der Waals surface area (Å²) in [6.45, 7) is 3.55. The highest BCUT2D eigenvalue weighted by molar-refractivity contribution is 6.31. The number of nitrogens with one attached hydrogen (secondary N) is 1. The van der Waals surface area contributed by atoms with Gasteiger partial charge in [0.05, 0.1) is 10.7 Å². The molecule has 1 amide bonds. The first-order chi connectivity index (χ1) is 10.9. The van der Waals surface area contributed by atoms with Crippen molar-refractivity contribution < 1.29 is 13.6 Å². The molecule has 0 aliphatic heterocycles. The molecule has 4 unspecified atom stereocenters. The molecule has 4 atom stereocenters. The Balaban J connectivity index is 1.60. The summed E-state index contributed by atoms with van der Waals surface area (Å²) in [7, 11) is 0. The molecule has 0 spiro atoms. The quantitative estimate of drug-likeness (QED) is 0.884. The van der Waals surface area contributed by atoms with E-state index in [0.29, 0.717) is 11.6 Å². The molecule has 23 heavy (non-hydrogen) atoms. The lowest BCUT2D eigenvalue weighted by molar-refractivity contribution is -0.123. The van der Waals surface area contributed by atoms with Crippen LogP contribution in [0.5, 0.6) is 0 Å². The molecule has 7 heteroatoms. The summed E-state index contributed by atoms with van der Waals surface area (Å²) in [4.78, 5) is 12.2. The van der Waals surface area contributed by atoms with E-state index in [0.717, 1.165) is 11.8 Å². The monoisotopic (exact) mass is 345 g/mol. The smallest absolute Gasteiger partial charge is 0.283 e. The lowest BCUT2D eigenvalue weighted by Gasteiger charge is -2.28. The van der Waals surface area contributed by atoms with Gasteiger partial charge in [-0.15, -0.1) is 0 Å². The van der Waals surface area contributed by atoms with Crippen molar-refractivity contribution in [3.63, 3.8) is 0 Å². The van der Waals surface area contributed by atoms with Crippen LogP contribution in [0.25, 0.3) is 0 Å². The van der Waals surface area contributed by atoms with Gasteiger partial charge in [0.25, 0.3) is 6.43 Å². The summed E-state index contributed by atoms with van der Waals surface area (Å²) >= 11 is 5.85. The van der Waals surface area contributed by atoms with Crippen LogP contribution in [0.4, 0.5) is 8.78 Å². The fourth-order valence-electron chi connectivity index (χ4n) is 4.29. The highest BCUT2D eigenvalue weighted by Crippen LogP contribution is 2.49. The highest BCUT2D eigenvalue weighted by atomic mass is 35.5. The fraction of sp³-hybridized carbons (Fsp3) is 0.750. The second-order valence-corrected chi connectivity index (χ2v) is 7.32. The van der Waals surface area contributed by atoms with E-state index >= 15 is 0 Å². The number of carbonyl (C=O) groups is 1. The number of fused-ring (bicyclic) bond motifs is 2. The minimum Gasteiger partial charge on any atom is -0.352 e. The predicted molar refractivity (Wildman–Crippen MR) is 83.5 cm³/mol. The van der Waals surface area contributed by atoms with Crippen LogP contribution >= 0.6 is 11.6 Å². The third-order valence-corrected chi connectivity index (χ3v) is 5.95. The average molecular weight is 346 g/mol. The largest absolute Gasteiger partial charge is 0.352 e. The van der Waals surface area contributed by atoms with Gasteiger partial charge in [0.15, 0.2) is 0 Å². The first-order valence-electron chi connectivity index (χ1n) is 8.17. The van der Waals surface area contributed by atoms with E-state index in [1.807, 2.05) is 6.92 Å². The zero-order chi connectivity index (χ0) is 16.7. The van der Waals surface area contributed by atoms with Crippen molar-refractivity contribution in [3.05, 3.63) is 16.4 Å². The minimum atomic E-state index is -2.74. The van der Waals surface area contributed by atoms with Crippen LogP contribution in [-0.2, 0) is 11.3 Å². The number of hydrogen-bond donors (Lipinski definition) is 1. The number of rotatable bonds is 5. The van der Waals surface area contributed by atoms with E-state index in [-0.39, 0.29) is 23.5 Å². The molecule has 4 nitrogen and oxygen atoms in total. The number of amides is 1. The van der Waals surface area contributed by atoms with Gasteiger partial charge in [-0.25, -0.2) is 8.78 Å². The fourth-order valence-corrected chi connectivity index (χ4v) is 4.51. The summed E-state index contributed by atoms with van der Waals surface area (Å²) in [5.74, 6) is 1.88. The molecule has 3 rings (SSSR count). The topological polar surface area (TPSA) is 46.9 Å². The third kappa shape index (κ3) is 3.23. The maximum Gasteiger partial charge on any atom is 0.283 e. The van der Waals surface area contributed by atoms with Gasteiger partial charge in [-0.3, -0.25) is 9.48 Å². The molecular weight excluding hydrogens is 324 g/mol. The molecule has 0 saturated heterocycles. The van der Waals surface area contributed by atoms with Crippen LogP contribution in [0.1, 0.15) is 50.4 Å². The number of alkyl halides is 2. The summed E-state index contributed by atoms with van der Waals surface area (Å²) < 4.78 is 26.9. The van der Waals surface area contributed by atoms with Gasteiger partial charge in [-0.1, -0.05) is 18.0 Å². The van der Waals surface area contributed by atoms with E-state index in [4.69, 9.17) is 11.6 Å². The molecule has 1 N–H and O–H groups in total. The van der Waals surface area contributed by atoms with Crippen molar-refractivity contribution in [3.8, 4) is 0 Å². The number of carbonyl (C=O) groups excluding carboxylic acids is 1. The molecule has 128 valence electrons. The molecule has 2 saturated carbocycles. The van der Waals surface area contributed by atoms with Crippen molar-refractivity contribution in [2.45, 2.75) is 58.5 Å². The zero-order valence-corrected chi connectivity index (χ0v) is 14.1. The number of nitrogens with zero attached hydrogens (tertiary/aromatic N) is 2. The van der Waals surface area contributed by atoms with Gasteiger partial charge in [0, 0.05) is 6.04 Å². The highest BCUT2D eigenvalue weighted by Gasteiger charge is 2.42. The van der Waals surface area contributed by atoms with Gasteiger partial charge >= 0.3 is 0 Å². The Bertz CT molecular complexity index is 604. The van der Waals surface area contributed by atoms with E-state index in [2.05, 4.69) is 10.4 Å². The molecule has 1 aromatic rings. The maximum atomic E-state index is 12.8. The van der Waals surface area contributed by atoms with Crippen molar-refractivity contribution in [1.82, 2.24) is 15.1 Å². The van der Waals surface area contributed by atoms with E-state index in [1.165, 1.54) is 30.4 Å². The Morgan fingerprint density at radius 2 is 2.17 bits per heavy atom. The van der Waals surface area contributed by atoms with E-state index in [9.17, 15) is 13.6 Å². The van der Waals surface area contributed by atoms with Crippen molar-refractivity contribution in [1.29, 1.82) is 0 Å². The van der Waals surface area contributed by atoms with Crippen LogP contribution < -0.4 is 5.32 Å². The Hall–Kier alpha value is -1.17. The Morgan fingerprint density at radius 3 is 2.70 bits per heavy atom. The van der Waals surface area contributed by atoms with Crippen LogP contribution in [0, 0.1) is 24.7 Å². The summed E-state index contributed by atoms with van der Waals surface area (Å²) in [5.41, 5.74) is -0.0668. The normalized spacial score (nSPS) is 27.7. The molecule has 1 aromatic heterocycles. The van der Waals surface area contributed by atoms with Gasteiger partial charge in [-0.2, -0.15) is 5.10 Å². The maximum absolute atomic E-state index is 12.8. The molecule has 2 aliphatic rings. The van der Waals surface area contributed by atoms with Crippen LogP contribution in [0.3, 0.4) is 0 Å². The van der Waals surface area contributed by atoms with Gasteiger partial charge in [-0.05, 0) is 50.9 Å². The SMILES string of the molecule is Cc1c(Cl)c(C(F)F)nn1CC(=O)NC(C)C1CC2CCC1C2. The van der Waals surface area contributed by atoms with Gasteiger partial charge < -0.3 is 5.32 Å². The number of aromatic nitrogens is 2. The summed E-state index contributed by atoms with van der Waals surface area (Å²) in [5, 5.41) is 6.71. The Kier molecular flexibility index (Phi) is 4.63. The minimum absolute atomic E-state index is 0.0612. The molecule has 2 bridgehead atoms. The molecule has 2 aliphatic carbocycles. The zero-order valence-electron chi connectivity index (χ0n) is 13.4. The predicted octanol–water partition coefficient (Wildman–Crippen LogP) is 3.72. The number of hydrogen-bond acceptors (Lipinski definition) is 2. The van der Waals surface area contributed by atoms with Crippen LogP contribution in [0.2, 0.25) is 5.02 Å². The Morgan fingerprint density at radius 1 is 1.43 bits per heavy atom. The van der Waals surface area contributed by atoms with Crippen LogP contribution in [0.15, 0.2) is 0 Å². The van der Waals surface area contributed by atoms with E-state index in [1.54, 1.807) is 6.92 Å². The third-order valence-electron chi connectivity index (χ3n) is 5.48. The Labute approximate surface area is 139 Å². The molecular formula is C16H22ClF2N3O. The summed E-state index contributed by atoms with van der Waals surface area (Å²) in [6.07, 6.45) is 2.33. The number of halogens is 3. The van der Waals surface area contributed by atoms with Gasteiger partial charge in [0.1, 0.15) is 12.2 Å².